The van der Waals surface area contributed by atoms with Crippen LogP contribution in [0.15, 0.2) is 36.4 Å². The number of para-hydroxylation sites is 1. The fourth-order valence-electron chi connectivity index (χ4n) is 1.97. The van der Waals surface area contributed by atoms with E-state index >= 15 is 0 Å². The molecule has 0 saturated heterocycles. The third-order valence-corrected chi connectivity index (χ3v) is 3.07. The number of hydrogen-bond acceptors (Lipinski definition) is 4. The molecule has 0 spiro atoms. The Morgan fingerprint density at radius 2 is 1.95 bits per heavy atom. The summed E-state index contributed by atoms with van der Waals surface area (Å²) in [6, 6.07) is 9.21. The van der Waals surface area contributed by atoms with Crippen molar-refractivity contribution in [1.82, 2.24) is 0 Å². The van der Waals surface area contributed by atoms with Crippen LogP contribution in [-0.2, 0) is 6.61 Å². The molecule has 0 aliphatic rings. The Hall–Kier alpha value is -2.11. The first-order valence-electron chi connectivity index (χ1n) is 6.49. The molecule has 21 heavy (non-hydrogen) atoms. The van der Waals surface area contributed by atoms with Crippen LogP contribution in [0.1, 0.15) is 24.2 Å². The first-order valence-corrected chi connectivity index (χ1v) is 6.49. The zero-order valence-corrected chi connectivity index (χ0v) is 11.8. The highest BCUT2D eigenvalue weighted by molar-refractivity contribution is 5.47. The molecule has 0 aliphatic carbocycles. The normalized spacial score (nSPS) is 12.0. The van der Waals surface area contributed by atoms with E-state index in [1.165, 1.54) is 26.2 Å². The summed E-state index contributed by atoms with van der Waals surface area (Å²) in [6.45, 7) is 1.41. The van der Waals surface area contributed by atoms with E-state index in [4.69, 9.17) is 14.6 Å². The lowest BCUT2D eigenvalue weighted by atomic mass is 10.1. The van der Waals surface area contributed by atoms with E-state index in [1.807, 2.05) is 0 Å². The number of hydrogen-bond donors (Lipinski definition) is 2. The zero-order valence-electron chi connectivity index (χ0n) is 11.8. The van der Waals surface area contributed by atoms with Gasteiger partial charge in [-0.15, -0.1) is 0 Å². The number of halogens is 1. The molecule has 2 aromatic carbocycles. The minimum absolute atomic E-state index is 0.0393. The Kier molecular flexibility index (Phi) is 4.77. The molecule has 0 saturated carbocycles. The summed E-state index contributed by atoms with van der Waals surface area (Å²) in [4.78, 5) is 0. The van der Waals surface area contributed by atoms with Gasteiger partial charge < -0.3 is 19.7 Å². The highest BCUT2D eigenvalue weighted by Crippen LogP contribution is 2.37. The quantitative estimate of drug-likeness (QED) is 0.888. The van der Waals surface area contributed by atoms with Crippen LogP contribution in [-0.4, -0.2) is 17.3 Å². The van der Waals surface area contributed by atoms with E-state index in [1.54, 1.807) is 24.3 Å². The third-order valence-electron chi connectivity index (χ3n) is 3.07. The van der Waals surface area contributed by atoms with E-state index in [2.05, 4.69) is 0 Å². The standard InChI is InChI=1S/C16H17FO4/c1-10(19)12-4-3-5-13(17)16(12)21-14-7-6-11(9-18)8-15(14)20-2/h3-8,10,18-19H,9H2,1-2H3. The molecule has 5 heteroatoms. The van der Waals surface area contributed by atoms with Crippen LogP contribution in [0, 0.1) is 5.82 Å². The zero-order chi connectivity index (χ0) is 15.4. The molecule has 0 aromatic heterocycles. The van der Waals surface area contributed by atoms with Crippen molar-refractivity contribution in [2.75, 3.05) is 7.11 Å². The van der Waals surface area contributed by atoms with Crippen LogP contribution in [0.3, 0.4) is 0 Å². The maximum absolute atomic E-state index is 14.0. The average molecular weight is 292 g/mol. The minimum Gasteiger partial charge on any atom is -0.493 e. The van der Waals surface area contributed by atoms with E-state index in [0.717, 1.165) is 0 Å². The molecule has 1 unspecified atom stereocenters. The SMILES string of the molecule is COc1cc(CO)ccc1Oc1c(F)cccc1C(C)O. The minimum atomic E-state index is -0.863. The summed E-state index contributed by atoms with van der Waals surface area (Å²) >= 11 is 0. The molecular formula is C16H17FO4. The van der Waals surface area contributed by atoms with E-state index in [0.29, 0.717) is 22.6 Å². The summed E-state index contributed by atoms with van der Waals surface area (Å²) in [5.41, 5.74) is 1.01. The summed E-state index contributed by atoms with van der Waals surface area (Å²) in [5.74, 6) is 0.0762. The lowest BCUT2D eigenvalue weighted by Crippen LogP contribution is -2.00. The molecule has 0 amide bonds. The van der Waals surface area contributed by atoms with Gasteiger partial charge in [0.05, 0.1) is 19.8 Å². The van der Waals surface area contributed by atoms with Gasteiger partial charge in [-0.25, -0.2) is 4.39 Å². The predicted molar refractivity (Wildman–Crippen MR) is 76.0 cm³/mol. The molecule has 2 rings (SSSR count). The van der Waals surface area contributed by atoms with E-state index < -0.39 is 11.9 Å². The maximum atomic E-state index is 14.0. The van der Waals surface area contributed by atoms with Gasteiger partial charge in [0.15, 0.2) is 23.1 Å². The van der Waals surface area contributed by atoms with Gasteiger partial charge in [-0.05, 0) is 30.7 Å². The van der Waals surface area contributed by atoms with Crippen LogP contribution in [0.2, 0.25) is 0 Å². The first-order chi connectivity index (χ1) is 10.1. The van der Waals surface area contributed by atoms with Crippen molar-refractivity contribution in [3.05, 3.63) is 53.3 Å². The van der Waals surface area contributed by atoms with E-state index in [-0.39, 0.29) is 12.4 Å². The Balaban J connectivity index is 2.43. The summed E-state index contributed by atoms with van der Waals surface area (Å²) < 4.78 is 24.7. The van der Waals surface area contributed by atoms with Gasteiger partial charge in [0.25, 0.3) is 0 Å². The van der Waals surface area contributed by atoms with Crippen molar-refractivity contribution < 1.29 is 24.1 Å². The molecule has 2 N–H and O–H groups in total. The van der Waals surface area contributed by atoms with Gasteiger partial charge >= 0.3 is 0 Å². The number of methoxy groups -OCH3 is 1. The molecular weight excluding hydrogens is 275 g/mol. The summed E-state index contributed by atoms with van der Waals surface area (Å²) in [7, 11) is 1.46. The number of ether oxygens (including phenoxy) is 2. The molecule has 4 nitrogen and oxygen atoms in total. The van der Waals surface area contributed by atoms with Crippen LogP contribution in [0.5, 0.6) is 17.2 Å². The number of benzene rings is 2. The molecule has 0 radical (unpaired) electrons. The second-order valence-electron chi connectivity index (χ2n) is 4.58. The van der Waals surface area contributed by atoms with Crippen LogP contribution < -0.4 is 9.47 Å². The number of aliphatic hydroxyl groups excluding tert-OH is 2. The number of aliphatic hydroxyl groups is 2. The van der Waals surface area contributed by atoms with Crippen molar-refractivity contribution in [2.24, 2.45) is 0 Å². The maximum Gasteiger partial charge on any atom is 0.169 e. The Morgan fingerprint density at radius 1 is 1.19 bits per heavy atom. The highest BCUT2D eigenvalue weighted by Gasteiger charge is 2.16. The van der Waals surface area contributed by atoms with Crippen LogP contribution in [0.4, 0.5) is 4.39 Å². The lowest BCUT2D eigenvalue weighted by molar-refractivity contribution is 0.194. The van der Waals surface area contributed by atoms with Crippen LogP contribution in [0.25, 0.3) is 0 Å². The van der Waals surface area contributed by atoms with Crippen molar-refractivity contribution >= 4 is 0 Å². The van der Waals surface area contributed by atoms with Gasteiger partial charge in [-0.3, -0.25) is 0 Å². The molecule has 112 valence electrons. The molecule has 0 aliphatic heterocycles. The third kappa shape index (κ3) is 3.32. The highest BCUT2D eigenvalue weighted by atomic mass is 19.1. The average Bonchev–Trinajstić information content (AvgIpc) is 2.49. The Morgan fingerprint density at radius 3 is 2.57 bits per heavy atom. The summed E-state index contributed by atoms with van der Waals surface area (Å²) in [6.07, 6.45) is -0.863. The van der Waals surface area contributed by atoms with Crippen molar-refractivity contribution in [3.63, 3.8) is 0 Å². The monoisotopic (exact) mass is 292 g/mol. The smallest absolute Gasteiger partial charge is 0.169 e. The van der Waals surface area contributed by atoms with Gasteiger partial charge in [0.2, 0.25) is 0 Å². The van der Waals surface area contributed by atoms with Gasteiger partial charge in [-0.1, -0.05) is 18.2 Å². The molecule has 0 fully saturated rings. The second kappa shape index (κ2) is 6.56. The summed E-state index contributed by atoms with van der Waals surface area (Å²) in [5, 5.41) is 18.8. The fourth-order valence-corrected chi connectivity index (χ4v) is 1.97. The first kappa shape index (κ1) is 15.3. The topological polar surface area (TPSA) is 58.9 Å². The lowest BCUT2D eigenvalue weighted by Gasteiger charge is -2.16. The Labute approximate surface area is 122 Å². The van der Waals surface area contributed by atoms with Gasteiger partial charge in [0, 0.05) is 5.56 Å². The van der Waals surface area contributed by atoms with Gasteiger partial charge in [0.1, 0.15) is 0 Å². The molecule has 2 aromatic rings. The van der Waals surface area contributed by atoms with Crippen molar-refractivity contribution in [2.45, 2.75) is 19.6 Å². The Bertz CT molecular complexity index is 626. The largest absolute Gasteiger partial charge is 0.493 e. The van der Waals surface area contributed by atoms with Gasteiger partial charge in [-0.2, -0.15) is 0 Å². The van der Waals surface area contributed by atoms with Crippen molar-refractivity contribution in [1.29, 1.82) is 0 Å². The molecule has 0 bridgehead atoms. The molecule has 1 atom stereocenters. The fraction of sp³-hybridized carbons (Fsp3) is 0.250. The number of rotatable bonds is 5. The van der Waals surface area contributed by atoms with Crippen molar-refractivity contribution in [3.8, 4) is 17.2 Å². The second-order valence-corrected chi connectivity index (χ2v) is 4.58. The predicted octanol–water partition coefficient (Wildman–Crippen LogP) is 3.17. The van der Waals surface area contributed by atoms with Crippen LogP contribution >= 0.6 is 0 Å². The van der Waals surface area contributed by atoms with E-state index in [9.17, 15) is 9.50 Å². The molecule has 0 heterocycles.